The van der Waals surface area contributed by atoms with Gasteiger partial charge in [-0.15, -0.1) is 0 Å². The van der Waals surface area contributed by atoms with Gasteiger partial charge in [0.1, 0.15) is 13.1 Å². The predicted molar refractivity (Wildman–Crippen MR) is 53.7 cm³/mol. The summed E-state index contributed by atoms with van der Waals surface area (Å²) >= 11 is 0. The number of hydrogen-bond acceptors (Lipinski definition) is 1. The number of fused-ring (bicyclic) bond motifs is 1. The van der Waals surface area contributed by atoms with Gasteiger partial charge in [0, 0.05) is 12.0 Å². The average Bonchev–Trinajstić information content (AvgIpc) is 2.18. The Hall–Kier alpha value is -0.130. The molecule has 0 amide bonds. The molecule has 2 nitrogen and oxygen atoms in total. The van der Waals surface area contributed by atoms with Crippen LogP contribution in [0.2, 0.25) is 0 Å². The van der Waals surface area contributed by atoms with Crippen molar-refractivity contribution in [1.29, 1.82) is 0 Å². The van der Waals surface area contributed by atoms with Gasteiger partial charge in [0.05, 0.1) is 6.54 Å². The van der Waals surface area contributed by atoms with Crippen molar-refractivity contribution in [3.63, 3.8) is 0 Å². The van der Waals surface area contributed by atoms with E-state index in [2.05, 4.69) is 31.2 Å². The molecule has 0 radical (unpaired) electrons. The smallest absolute Gasteiger partial charge is 0.122 e. The fraction of sp³-hybridized carbons (Fsp3) is 0.455. The van der Waals surface area contributed by atoms with Crippen LogP contribution in [0, 0.1) is 0 Å². The maximum absolute atomic E-state index is 6.21. The molecule has 1 atom stereocenters. The lowest BCUT2D eigenvalue weighted by Crippen LogP contribution is -3.00. The molecule has 0 saturated carbocycles. The third-order valence-electron chi connectivity index (χ3n) is 3.06. The number of quaternary nitrogens is 1. The minimum Gasteiger partial charge on any atom is -1.00 e. The summed E-state index contributed by atoms with van der Waals surface area (Å²) < 4.78 is 0.705. The summed E-state index contributed by atoms with van der Waals surface area (Å²) in [6.07, 6.45) is 1.13. The minimum absolute atomic E-state index is 0. The SMILES string of the molecule is CC[N+]1(N)CCc2ccccc2C1.[I-]. The molecule has 14 heavy (non-hydrogen) atoms. The van der Waals surface area contributed by atoms with E-state index < -0.39 is 0 Å². The molecule has 2 N–H and O–H groups in total. The zero-order valence-electron chi connectivity index (χ0n) is 8.54. The first kappa shape index (κ1) is 11.9. The molecule has 1 aromatic rings. The Kier molecular flexibility index (Phi) is 3.92. The maximum Gasteiger partial charge on any atom is 0.122 e. The van der Waals surface area contributed by atoms with E-state index in [4.69, 9.17) is 5.84 Å². The third-order valence-corrected chi connectivity index (χ3v) is 3.06. The van der Waals surface area contributed by atoms with Crippen LogP contribution >= 0.6 is 0 Å². The van der Waals surface area contributed by atoms with E-state index in [0.29, 0.717) is 4.59 Å². The molecule has 1 aromatic carbocycles. The summed E-state index contributed by atoms with van der Waals surface area (Å²) in [6, 6.07) is 8.63. The summed E-state index contributed by atoms with van der Waals surface area (Å²) in [6.45, 7) is 5.25. The minimum atomic E-state index is 0. The molecular weight excluding hydrogens is 287 g/mol. The maximum atomic E-state index is 6.21. The van der Waals surface area contributed by atoms with Crippen molar-refractivity contribution >= 4 is 0 Å². The number of rotatable bonds is 1. The largest absolute Gasteiger partial charge is 1.00 e. The molecule has 0 spiro atoms. The zero-order valence-corrected chi connectivity index (χ0v) is 10.7. The summed E-state index contributed by atoms with van der Waals surface area (Å²) in [4.78, 5) is 0. The highest BCUT2D eigenvalue weighted by atomic mass is 127. The lowest BCUT2D eigenvalue weighted by Gasteiger charge is -2.36. The van der Waals surface area contributed by atoms with Gasteiger partial charge in [0.15, 0.2) is 0 Å². The molecule has 0 fully saturated rings. The van der Waals surface area contributed by atoms with Crippen LogP contribution in [-0.2, 0) is 13.0 Å². The molecule has 78 valence electrons. The third kappa shape index (κ3) is 2.27. The molecule has 1 heterocycles. The van der Waals surface area contributed by atoms with Crippen molar-refractivity contribution < 1.29 is 28.6 Å². The van der Waals surface area contributed by atoms with Crippen molar-refractivity contribution in [2.75, 3.05) is 13.1 Å². The molecule has 0 aliphatic carbocycles. The van der Waals surface area contributed by atoms with E-state index in [0.717, 1.165) is 26.1 Å². The fourth-order valence-corrected chi connectivity index (χ4v) is 1.99. The Bertz CT molecular complexity index is 314. The molecule has 1 aliphatic heterocycles. The van der Waals surface area contributed by atoms with Crippen molar-refractivity contribution in [3.8, 4) is 0 Å². The van der Waals surface area contributed by atoms with Gasteiger partial charge in [-0.1, -0.05) is 24.3 Å². The van der Waals surface area contributed by atoms with E-state index >= 15 is 0 Å². The predicted octanol–water partition coefficient (Wildman–Crippen LogP) is -1.54. The van der Waals surface area contributed by atoms with Gasteiger partial charge in [-0.3, -0.25) is 0 Å². The second-order valence-electron chi connectivity index (χ2n) is 3.94. The fourth-order valence-electron chi connectivity index (χ4n) is 1.99. The van der Waals surface area contributed by atoms with Gasteiger partial charge < -0.3 is 24.0 Å². The standard InChI is InChI=1S/C11H17N2.HI/c1-2-13(12)8-7-10-5-3-4-6-11(10)9-13;/h3-6H,2,7-9,12H2,1H3;1H/q+1;/p-1. The monoisotopic (exact) mass is 304 g/mol. The number of nitrogens with two attached hydrogens (primary N) is 1. The Balaban J connectivity index is 0.000000980. The van der Waals surface area contributed by atoms with Gasteiger partial charge in [0.25, 0.3) is 0 Å². The Morgan fingerprint density at radius 1 is 1.29 bits per heavy atom. The van der Waals surface area contributed by atoms with Gasteiger partial charge in [-0.25, -0.2) is 4.59 Å². The van der Waals surface area contributed by atoms with E-state index in [1.165, 1.54) is 11.1 Å². The molecule has 0 aromatic heterocycles. The second kappa shape index (κ2) is 4.59. The van der Waals surface area contributed by atoms with E-state index in [1.807, 2.05) is 0 Å². The topological polar surface area (TPSA) is 26.0 Å². The highest BCUT2D eigenvalue weighted by molar-refractivity contribution is 5.27. The molecular formula is C11H17IN2. The van der Waals surface area contributed by atoms with Crippen molar-refractivity contribution in [2.45, 2.75) is 19.9 Å². The highest BCUT2D eigenvalue weighted by Crippen LogP contribution is 2.20. The van der Waals surface area contributed by atoms with Gasteiger partial charge >= 0.3 is 0 Å². The lowest BCUT2D eigenvalue weighted by atomic mass is 9.99. The molecule has 2 rings (SSSR count). The number of likely N-dealkylation sites (N-methyl/N-ethyl adjacent to an activating group) is 1. The quantitative estimate of drug-likeness (QED) is 0.380. The summed E-state index contributed by atoms with van der Waals surface area (Å²) in [7, 11) is 0. The van der Waals surface area contributed by atoms with Crippen LogP contribution < -0.4 is 29.8 Å². The first-order chi connectivity index (χ1) is 6.23. The van der Waals surface area contributed by atoms with Crippen LogP contribution in [0.3, 0.4) is 0 Å². The molecule has 0 saturated heterocycles. The zero-order chi connectivity index (χ0) is 9.31. The highest BCUT2D eigenvalue weighted by Gasteiger charge is 2.27. The second-order valence-corrected chi connectivity index (χ2v) is 3.94. The van der Waals surface area contributed by atoms with Crippen molar-refractivity contribution in [1.82, 2.24) is 0 Å². The van der Waals surface area contributed by atoms with Crippen LogP contribution in [0.15, 0.2) is 24.3 Å². The van der Waals surface area contributed by atoms with Gasteiger partial charge in [0.2, 0.25) is 0 Å². The molecule has 3 heteroatoms. The number of nitrogens with zero attached hydrogens (tertiary/aromatic N) is 1. The molecule has 1 unspecified atom stereocenters. The molecule has 0 bridgehead atoms. The normalized spacial score (nSPS) is 25.0. The van der Waals surface area contributed by atoms with Crippen LogP contribution in [0.25, 0.3) is 0 Å². The van der Waals surface area contributed by atoms with E-state index in [1.54, 1.807) is 0 Å². The van der Waals surface area contributed by atoms with Gasteiger partial charge in [-0.05, 0) is 12.5 Å². The average molecular weight is 304 g/mol. The number of benzene rings is 1. The van der Waals surface area contributed by atoms with Crippen LogP contribution in [0.5, 0.6) is 0 Å². The van der Waals surface area contributed by atoms with Crippen molar-refractivity contribution in [3.05, 3.63) is 35.4 Å². The Labute approximate surface area is 103 Å². The van der Waals surface area contributed by atoms with E-state index in [9.17, 15) is 0 Å². The Morgan fingerprint density at radius 2 is 1.93 bits per heavy atom. The first-order valence-corrected chi connectivity index (χ1v) is 4.95. The van der Waals surface area contributed by atoms with Crippen LogP contribution in [0.1, 0.15) is 18.1 Å². The van der Waals surface area contributed by atoms with Gasteiger partial charge in [-0.2, -0.15) is 5.84 Å². The lowest BCUT2D eigenvalue weighted by molar-refractivity contribution is -0.952. The number of hydrogen-bond donors (Lipinski definition) is 1. The summed E-state index contributed by atoms with van der Waals surface area (Å²) in [5.41, 5.74) is 2.91. The summed E-state index contributed by atoms with van der Waals surface area (Å²) in [5.74, 6) is 6.21. The first-order valence-electron chi connectivity index (χ1n) is 4.95. The van der Waals surface area contributed by atoms with Crippen molar-refractivity contribution in [2.24, 2.45) is 5.84 Å². The number of halogens is 1. The van der Waals surface area contributed by atoms with Crippen LogP contribution in [-0.4, -0.2) is 17.7 Å². The Morgan fingerprint density at radius 3 is 2.57 bits per heavy atom. The summed E-state index contributed by atoms with van der Waals surface area (Å²) in [5, 5.41) is 0. The van der Waals surface area contributed by atoms with Crippen LogP contribution in [0.4, 0.5) is 0 Å². The molecule has 1 aliphatic rings. The van der Waals surface area contributed by atoms with E-state index in [-0.39, 0.29) is 24.0 Å².